The molecule has 2 fully saturated rings. The van der Waals surface area contributed by atoms with Gasteiger partial charge in [-0.05, 0) is 49.1 Å². The predicted octanol–water partition coefficient (Wildman–Crippen LogP) is 2.78. The van der Waals surface area contributed by atoms with E-state index >= 15 is 0 Å². The van der Waals surface area contributed by atoms with Crippen LogP contribution in [0.2, 0.25) is 0 Å². The van der Waals surface area contributed by atoms with E-state index in [-0.39, 0.29) is 17.7 Å². The smallest absolute Gasteiger partial charge is 0.250 e. The standard InChI is InChI=1S/C20H26N2O2/c1-14-5-4-11-21(13-14)20(24)18-17-7-3-2-6-15(17)10-12-22(18)19(23)16-8-9-16/h2-3,6-7,14,16,18H,4-5,8-13H2,1H3/t14-,18-/m1/s1. The summed E-state index contributed by atoms with van der Waals surface area (Å²) in [6, 6.07) is 7.75. The van der Waals surface area contributed by atoms with Gasteiger partial charge >= 0.3 is 0 Å². The summed E-state index contributed by atoms with van der Waals surface area (Å²) in [5.41, 5.74) is 2.27. The van der Waals surface area contributed by atoms with Crippen molar-refractivity contribution in [1.82, 2.24) is 9.80 Å². The highest BCUT2D eigenvalue weighted by Crippen LogP contribution is 2.38. The number of carbonyl (C=O) groups is 2. The highest BCUT2D eigenvalue weighted by molar-refractivity contribution is 5.91. The van der Waals surface area contributed by atoms with Crippen LogP contribution in [0.1, 0.15) is 49.8 Å². The van der Waals surface area contributed by atoms with Crippen LogP contribution in [0.25, 0.3) is 0 Å². The Morgan fingerprint density at radius 1 is 1.04 bits per heavy atom. The van der Waals surface area contributed by atoms with E-state index < -0.39 is 6.04 Å². The fourth-order valence-electron chi connectivity index (χ4n) is 4.20. The lowest BCUT2D eigenvalue weighted by Crippen LogP contribution is -2.50. The second-order valence-corrected chi connectivity index (χ2v) is 7.69. The number of fused-ring (bicyclic) bond motifs is 1. The Labute approximate surface area is 143 Å². The van der Waals surface area contributed by atoms with E-state index in [4.69, 9.17) is 0 Å². The van der Waals surface area contributed by atoms with E-state index in [2.05, 4.69) is 13.0 Å². The van der Waals surface area contributed by atoms with Gasteiger partial charge in [0.2, 0.25) is 11.8 Å². The van der Waals surface area contributed by atoms with Gasteiger partial charge in [-0.1, -0.05) is 31.2 Å². The SMILES string of the molecule is C[C@@H]1CCCN(C(=O)[C@H]2c3ccccc3CCN2C(=O)C2CC2)C1. The first kappa shape index (κ1) is 15.7. The monoisotopic (exact) mass is 326 g/mol. The van der Waals surface area contributed by atoms with Crippen LogP contribution in [0.15, 0.2) is 24.3 Å². The molecule has 1 aromatic carbocycles. The molecule has 4 heteroatoms. The average molecular weight is 326 g/mol. The summed E-state index contributed by atoms with van der Waals surface area (Å²) in [7, 11) is 0. The van der Waals surface area contributed by atoms with E-state index in [0.29, 0.717) is 12.5 Å². The summed E-state index contributed by atoms with van der Waals surface area (Å²) in [4.78, 5) is 30.0. The Hall–Kier alpha value is -1.84. The minimum Gasteiger partial charge on any atom is -0.340 e. The number of carbonyl (C=O) groups excluding carboxylic acids is 2. The Morgan fingerprint density at radius 3 is 2.58 bits per heavy atom. The topological polar surface area (TPSA) is 40.6 Å². The molecular weight excluding hydrogens is 300 g/mol. The summed E-state index contributed by atoms with van der Waals surface area (Å²) >= 11 is 0. The maximum absolute atomic E-state index is 13.4. The largest absolute Gasteiger partial charge is 0.340 e. The van der Waals surface area contributed by atoms with E-state index in [9.17, 15) is 9.59 Å². The first-order valence-corrected chi connectivity index (χ1v) is 9.32. The first-order valence-electron chi connectivity index (χ1n) is 9.32. The molecule has 3 aliphatic rings. The second kappa shape index (κ2) is 6.23. The summed E-state index contributed by atoms with van der Waals surface area (Å²) < 4.78 is 0. The molecule has 1 saturated carbocycles. The number of amides is 2. The van der Waals surface area contributed by atoms with Crippen LogP contribution in [0.3, 0.4) is 0 Å². The number of hydrogen-bond donors (Lipinski definition) is 0. The maximum Gasteiger partial charge on any atom is 0.250 e. The zero-order chi connectivity index (χ0) is 16.7. The van der Waals surface area contributed by atoms with Gasteiger partial charge in [0.05, 0.1) is 0 Å². The molecule has 2 amide bonds. The van der Waals surface area contributed by atoms with Gasteiger partial charge < -0.3 is 9.80 Å². The normalized spacial score (nSPS) is 26.9. The molecule has 1 aromatic rings. The van der Waals surface area contributed by atoms with Gasteiger partial charge in [0.1, 0.15) is 6.04 Å². The van der Waals surface area contributed by atoms with Gasteiger partial charge in [-0.25, -0.2) is 0 Å². The Kier molecular flexibility index (Phi) is 4.07. The Bertz CT molecular complexity index is 653. The molecule has 128 valence electrons. The first-order chi connectivity index (χ1) is 11.6. The van der Waals surface area contributed by atoms with E-state index in [1.54, 1.807) is 0 Å². The molecule has 0 radical (unpaired) electrons. The van der Waals surface area contributed by atoms with Crippen molar-refractivity contribution in [3.63, 3.8) is 0 Å². The molecule has 4 rings (SSSR count). The summed E-state index contributed by atoms with van der Waals surface area (Å²) in [5, 5.41) is 0. The van der Waals surface area contributed by atoms with Crippen molar-refractivity contribution in [3.8, 4) is 0 Å². The molecule has 0 aromatic heterocycles. The Morgan fingerprint density at radius 2 is 1.83 bits per heavy atom. The second-order valence-electron chi connectivity index (χ2n) is 7.69. The molecule has 0 unspecified atom stereocenters. The van der Waals surface area contributed by atoms with Crippen molar-refractivity contribution < 1.29 is 9.59 Å². The van der Waals surface area contributed by atoms with Crippen LogP contribution in [0.5, 0.6) is 0 Å². The summed E-state index contributed by atoms with van der Waals surface area (Å²) in [6.45, 7) is 4.53. The summed E-state index contributed by atoms with van der Waals surface area (Å²) in [5.74, 6) is 1.02. The third-order valence-corrected chi connectivity index (χ3v) is 5.70. The lowest BCUT2D eigenvalue weighted by molar-refractivity contribution is -0.148. The number of benzene rings is 1. The van der Waals surface area contributed by atoms with Crippen LogP contribution >= 0.6 is 0 Å². The van der Waals surface area contributed by atoms with Gasteiger partial charge in [0.15, 0.2) is 0 Å². The van der Waals surface area contributed by atoms with Crippen molar-refractivity contribution in [2.24, 2.45) is 11.8 Å². The Balaban J connectivity index is 1.66. The van der Waals surface area contributed by atoms with Crippen molar-refractivity contribution in [2.75, 3.05) is 19.6 Å². The van der Waals surface area contributed by atoms with E-state index in [0.717, 1.165) is 44.3 Å². The molecule has 24 heavy (non-hydrogen) atoms. The number of nitrogens with zero attached hydrogens (tertiary/aromatic N) is 2. The zero-order valence-electron chi connectivity index (χ0n) is 14.4. The predicted molar refractivity (Wildman–Crippen MR) is 92.3 cm³/mol. The molecule has 4 nitrogen and oxygen atoms in total. The fraction of sp³-hybridized carbons (Fsp3) is 0.600. The molecule has 0 N–H and O–H groups in total. The van der Waals surface area contributed by atoms with Crippen molar-refractivity contribution in [3.05, 3.63) is 35.4 Å². The van der Waals surface area contributed by atoms with Crippen LogP contribution < -0.4 is 0 Å². The molecule has 2 aliphatic heterocycles. The summed E-state index contributed by atoms with van der Waals surface area (Å²) in [6.07, 6.45) is 5.08. The number of hydrogen-bond acceptors (Lipinski definition) is 2. The van der Waals surface area contributed by atoms with Crippen molar-refractivity contribution in [1.29, 1.82) is 0 Å². The molecule has 1 saturated heterocycles. The van der Waals surface area contributed by atoms with Gasteiger partial charge in [-0.3, -0.25) is 9.59 Å². The minimum absolute atomic E-state index is 0.128. The average Bonchev–Trinajstić information content (AvgIpc) is 3.44. The van der Waals surface area contributed by atoms with Gasteiger partial charge in [0, 0.05) is 25.6 Å². The van der Waals surface area contributed by atoms with Gasteiger partial charge in [-0.15, -0.1) is 0 Å². The van der Waals surface area contributed by atoms with Crippen LogP contribution in [0, 0.1) is 11.8 Å². The molecule has 2 heterocycles. The van der Waals surface area contributed by atoms with E-state index in [1.807, 2.05) is 28.0 Å². The quantitative estimate of drug-likeness (QED) is 0.838. The van der Waals surface area contributed by atoms with Crippen LogP contribution in [-0.4, -0.2) is 41.2 Å². The minimum atomic E-state index is -0.409. The lowest BCUT2D eigenvalue weighted by atomic mass is 9.90. The van der Waals surface area contributed by atoms with Crippen molar-refractivity contribution >= 4 is 11.8 Å². The van der Waals surface area contributed by atoms with Crippen LogP contribution in [-0.2, 0) is 16.0 Å². The highest BCUT2D eigenvalue weighted by Gasteiger charge is 2.43. The van der Waals surface area contributed by atoms with Gasteiger partial charge in [-0.2, -0.15) is 0 Å². The molecule has 2 atom stereocenters. The number of likely N-dealkylation sites (tertiary alicyclic amines) is 1. The fourth-order valence-corrected chi connectivity index (χ4v) is 4.20. The molecule has 0 spiro atoms. The third-order valence-electron chi connectivity index (χ3n) is 5.70. The lowest BCUT2D eigenvalue weighted by Gasteiger charge is -2.41. The number of rotatable bonds is 2. The van der Waals surface area contributed by atoms with E-state index in [1.165, 1.54) is 12.0 Å². The maximum atomic E-state index is 13.4. The number of piperidine rings is 1. The van der Waals surface area contributed by atoms with Crippen LogP contribution in [0.4, 0.5) is 0 Å². The third kappa shape index (κ3) is 2.83. The van der Waals surface area contributed by atoms with Gasteiger partial charge in [0.25, 0.3) is 0 Å². The molecular formula is C20H26N2O2. The highest BCUT2D eigenvalue weighted by atomic mass is 16.2. The molecule has 0 bridgehead atoms. The zero-order valence-corrected chi connectivity index (χ0v) is 14.4. The molecule has 1 aliphatic carbocycles. The van der Waals surface area contributed by atoms with Crippen molar-refractivity contribution in [2.45, 2.75) is 45.1 Å².